The number of rotatable bonds is 7. The molecule has 4 atom stereocenters. The van der Waals surface area contributed by atoms with Crippen molar-refractivity contribution in [3.63, 3.8) is 0 Å². The van der Waals surface area contributed by atoms with Crippen molar-refractivity contribution >= 4 is 17.0 Å². The number of imidazole rings is 1. The van der Waals surface area contributed by atoms with Crippen LogP contribution in [-0.2, 0) is 11.3 Å². The minimum absolute atomic E-state index is 0.0309. The molecule has 0 aliphatic carbocycles. The lowest BCUT2D eigenvalue weighted by molar-refractivity contribution is -0.0647. The Morgan fingerprint density at radius 3 is 2.77 bits per heavy atom. The Kier molecular flexibility index (Phi) is 5.25. The minimum atomic E-state index is -0.241. The molecule has 2 N–H and O–H groups in total. The summed E-state index contributed by atoms with van der Waals surface area (Å²) >= 11 is 0. The van der Waals surface area contributed by atoms with Crippen LogP contribution in [0.2, 0.25) is 0 Å². The summed E-state index contributed by atoms with van der Waals surface area (Å²) in [6.07, 6.45) is 1.22. The summed E-state index contributed by atoms with van der Waals surface area (Å²) < 4.78 is 8.78. The van der Waals surface area contributed by atoms with E-state index in [4.69, 9.17) is 9.72 Å². The zero-order chi connectivity index (χ0) is 20.9. The molecule has 3 aliphatic rings. The van der Waals surface area contributed by atoms with Crippen LogP contribution in [0, 0.1) is 17.8 Å². The predicted octanol–water partition coefficient (Wildman–Crippen LogP) is 1.57. The molecule has 30 heavy (non-hydrogen) atoms. The first-order valence-electron chi connectivity index (χ1n) is 11.4. The Morgan fingerprint density at radius 2 is 2.00 bits per heavy atom. The Balaban J connectivity index is 1.46. The van der Waals surface area contributed by atoms with E-state index in [1.165, 1.54) is 6.42 Å². The van der Waals surface area contributed by atoms with E-state index in [0.29, 0.717) is 18.4 Å². The largest absolute Gasteiger partial charge is 0.396 e. The van der Waals surface area contributed by atoms with E-state index in [2.05, 4.69) is 34.3 Å². The van der Waals surface area contributed by atoms with E-state index in [0.717, 1.165) is 49.7 Å². The van der Waals surface area contributed by atoms with Crippen molar-refractivity contribution in [1.29, 1.82) is 0 Å². The smallest absolute Gasteiger partial charge is 0.206 e. The van der Waals surface area contributed by atoms with Crippen molar-refractivity contribution in [3.8, 4) is 0 Å². The van der Waals surface area contributed by atoms with Crippen molar-refractivity contribution < 1.29 is 14.9 Å². The van der Waals surface area contributed by atoms with Gasteiger partial charge in [-0.05, 0) is 31.0 Å². The highest BCUT2D eigenvalue weighted by atomic mass is 16.5. The third kappa shape index (κ3) is 3.23. The van der Waals surface area contributed by atoms with Crippen LogP contribution in [0.5, 0.6) is 0 Å². The van der Waals surface area contributed by atoms with Crippen molar-refractivity contribution in [1.82, 2.24) is 14.5 Å². The van der Waals surface area contributed by atoms with E-state index in [9.17, 15) is 10.2 Å². The van der Waals surface area contributed by atoms with Gasteiger partial charge in [-0.1, -0.05) is 26.0 Å². The van der Waals surface area contributed by atoms with Gasteiger partial charge in [0.1, 0.15) is 5.60 Å². The average Bonchev–Trinajstić information content (AvgIpc) is 3.32. The monoisotopic (exact) mass is 414 g/mol. The summed E-state index contributed by atoms with van der Waals surface area (Å²) in [5, 5.41) is 19.9. The van der Waals surface area contributed by atoms with Crippen LogP contribution in [-0.4, -0.2) is 82.3 Å². The van der Waals surface area contributed by atoms with E-state index in [1.807, 2.05) is 18.2 Å². The zero-order valence-electron chi connectivity index (χ0n) is 18.1. The third-order valence-electron chi connectivity index (χ3n) is 7.34. The number of nitrogens with zero attached hydrogens (tertiary/aromatic N) is 4. The number of aliphatic hydroxyl groups excluding tert-OH is 2. The number of aromatic nitrogens is 2. The Morgan fingerprint density at radius 1 is 1.17 bits per heavy atom. The van der Waals surface area contributed by atoms with E-state index < -0.39 is 0 Å². The summed E-state index contributed by atoms with van der Waals surface area (Å²) in [6, 6.07) is 8.12. The van der Waals surface area contributed by atoms with Gasteiger partial charge in [0.05, 0.1) is 30.3 Å². The van der Waals surface area contributed by atoms with E-state index in [-0.39, 0.29) is 30.8 Å². The molecule has 0 unspecified atom stereocenters. The molecule has 2 bridgehead atoms. The number of anilines is 1. The number of para-hydroxylation sites is 2. The fraction of sp³-hybridized carbons (Fsp3) is 0.696. The second-order valence-corrected chi connectivity index (χ2v) is 9.75. The quantitative estimate of drug-likeness (QED) is 0.717. The first-order valence-corrected chi connectivity index (χ1v) is 11.4. The molecule has 3 saturated heterocycles. The van der Waals surface area contributed by atoms with Crippen molar-refractivity contribution in [2.75, 3.05) is 50.8 Å². The first-order chi connectivity index (χ1) is 14.5. The van der Waals surface area contributed by atoms with Crippen LogP contribution < -0.4 is 4.90 Å². The number of hydrogen-bond donors (Lipinski definition) is 2. The van der Waals surface area contributed by atoms with Crippen molar-refractivity contribution in [3.05, 3.63) is 24.3 Å². The number of morpholine rings is 1. The van der Waals surface area contributed by atoms with Crippen LogP contribution in [0.3, 0.4) is 0 Å². The summed E-state index contributed by atoms with van der Waals surface area (Å²) in [5.41, 5.74) is 1.77. The Labute approximate surface area is 178 Å². The molecule has 1 spiro atoms. The summed E-state index contributed by atoms with van der Waals surface area (Å²) in [5.74, 6) is 2.14. The standard InChI is InChI=1S/C23H34N4O3/c1-16(2)7-8-25-11-18-17(13-29)21-12-26(15-23(18,14-25)30-21)22-24-19-5-3-4-6-20(19)27(22)9-10-28/h3-6,16-18,21,28-29H,7-15H2,1-2H3/t17-,18+,21+,23-/m0/s1. The van der Waals surface area contributed by atoms with Gasteiger partial charge in [-0.25, -0.2) is 4.98 Å². The van der Waals surface area contributed by atoms with Gasteiger partial charge in [-0.3, -0.25) is 4.90 Å². The fourth-order valence-corrected chi connectivity index (χ4v) is 5.92. The van der Waals surface area contributed by atoms with Gasteiger partial charge >= 0.3 is 0 Å². The van der Waals surface area contributed by atoms with Gasteiger partial charge in [0, 0.05) is 44.6 Å². The highest BCUT2D eigenvalue weighted by Crippen LogP contribution is 2.49. The molecule has 1 aromatic carbocycles. The fourth-order valence-electron chi connectivity index (χ4n) is 5.92. The maximum atomic E-state index is 10.2. The minimum Gasteiger partial charge on any atom is -0.396 e. The summed E-state index contributed by atoms with van der Waals surface area (Å²) in [7, 11) is 0. The Hall–Kier alpha value is -1.67. The SMILES string of the molecule is CC(C)CCN1C[C@@H]2[C@H](CO)[C@H]3CN(c4nc5ccccc5n4CCO)C[C@]2(C1)O3. The lowest BCUT2D eigenvalue weighted by Gasteiger charge is -2.41. The van der Waals surface area contributed by atoms with Gasteiger partial charge in [0.25, 0.3) is 0 Å². The zero-order valence-corrected chi connectivity index (χ0v) is 18.1. The molecule has 5 rings (SSSR count). The maximum Gasteiger partial charge on any atom is 0.206 e. The van der Waals surface area contributed by atoms with Gasteiger partial charge in [0.2, 0.25) is 5.95 Å². The summed E-state index contributed by atoms with van der Waals surface area (Å²) in [4.78, 5) is 9.82. The van der Waals surface area contributed by atoms with Crippen LogP contribution in [0.1, 0.15) is 20.3 Å². The molecule has 0 radical (unpaired) electrons. The van der Waals surface area contributed by atoms with Gasteiger partial charge in [0.15, 0.2) is 0 Å². The number of likely N-dealkylation sites (tertiary alicyclic amines) is 1. The maximum absolute atomic E-state index is 10.2. The highest BCUT2D eigenvalue weighted by Gasteiger charge is 2.62. The lowest BCUT2D eigenvalue weighted by atomic mass is 9.83. The third-order valence-corrected chi connectivity index (χ3v) is 7.34. The Bertz CT molecular complexity index is 900. The van der Waals surface area contributed by atoms with Gasteiger partial charge < -0.3 is 24.4 Å². The van der Waals surface area contributed by atoms with Crippen molar-refractivity contribution in [2.45, 2.75) is 38.5 Å². The molecule has 0 amide bonds. The van der Waals surface area contributed by atoms with Crippen LogP contribution >= 0.6 is 0 Å². The predicted molar refractivity (Wildman–Crippen MR) is 117 cm³/mol. The van der Waals surface area contributed by atoms with E-state index >= 15 is 0 Å². The molecule has 0 saturated carbocycles. The number of fused-ring (bicyclic) bond motifs is 2. The lowest BCUT2D eigenvalue weighted by Crippen LogP contribution is -2.55. The number of benzene rings is 1. The first kappa shape index (κ1) is 20.2. The number of ether oxygens (including phenoxy) is 1. The topological polar surface area (TPSA) is 74.0 Å². The van der Waals surface area contributed by atoms with Crippen molar-refractivity contribution in [2.24, 2.45) is 17.8 Å². The molecule has 7 nitrogen and oxygen atoms in total. The molecule has 164 valence electrons. The molecule has 1 aromatic heterocycles. The van der Waals surface area contributed by atoms with Gasteiger partial charge in [-0.2, -0.15) is 0 Å². The number of aliphatic hydroxyl groups is 2. The molecular weight excluding hydrogens is 380 g/mol. The molecule has 3 aliphatic heterocycles. The second-order valence-electron chi connectivity index (χ2n) is 9.75. The van der Waals surface area contributed by atoms with Gasteiger partial charge in [-0.15, -0.1) is 0 Å². The van der Waals surface area contributed by atoms with Crippen LogP contribution in [0.15, 0.2) is 24.3 Å². The molecular formula is C23H34N4O3. The normalized spacial score (nSPS) is 31.2. The second kappa shape index (κ2) is 7.79. The number of hydrogen-bond acceptors (Lipinski definition) is 6. The average molecular weight is 415 g/mol. The molecule has 4 heterocycles. The van der Waals surface area contributed by atoms with Crippen LogP contribution in [0.25, 0.3) is 11.0 Å². The van der Waals surface area contributed by atoms with E-state index in [1.54, 1.807) is 0 Å². The highest BCUT2D eigenvalue weighted by molar-refractivity contribution is 5.79. The molecule has 3 fully saturated rings. The summed E-state index contributed by atoms with van der Waals surface area (Å²) in [6.45, 7) is 9.88. The van der Waals surface area contributed by atoms with Crippen LogP contribution in [0.4, 0.5) is 5.95 Å². The molecule has 7 heteroatoms. The molecule has 2 aromatic rings.